The highest BCUT2D eigenvalue weighted by Gasteiger charge is 2.17. The van der Waals surface area contributed by atoms with Crippen molar-refractivity contribution in [2.75, 3.05) is 19.0 Å². The predicted octanol–water partition coefficient (Wildman–Crippen LogP) is 4.09. The van der Waals surface area contributed by atoms with Crippen molar-refractivity contribution >= 4 is 17.3 Å². The Kier molecular flexibility index (Phi) is 5.30. The second-order valence-electron chi connectivity index (χ2n) is 5.03. The minimum Gasteiger partial charge on any atom is -0.495 e. The highest BCUT2D eigenvalue weighted by Crippen LogP contribution is 2.29. The number of nitriles is 1. The molecule has 0 atom stereocenters. The van der Waals surface area contributed by atoms with Gasteiger partial charge >= 0.3 is 0 Å². The molecule has 0 spiro atoms. The van der Waals surface area contributed by atoms with Crippen LogP contribution in [0, 0.1) is 16.7 Å². The first-order chi connectivity index (χ1) is 8.48. The third-order valence-corrected chi connectivity index (χ3v) is 3.15. The molecule has 3 nitrogen and oxygen atoms in total. The molecule has 18 heavy (non-hydrogen) atoms. The normalized spacial score (nSPS) is 10.8. The van der Waals surface area contributed by atoms with Crippen LogP contribution in [0.15, 0.2) is 18.2 Å². The topological polar surface area (TPSA) is 45.0 Å². The number of rotatable bonds is 6. The van der Waals surface area contributed by atoms with E-state index in [9.17, 15) is 0 Å². The van der Waals surface area contributed by atoms with Crippen LogP contribution >= 0.6 is 11.6 Å². The van der Waals surface area contributed by atoms with E-state index in [1.54, 1.807) is 7.11 Å². The summed E-state index contributed by atoms with van der Waals surface area (Å²) in [6.07, 6.45) is 1.46. The molecule has 1 N–H and O–H groups in total. The minimum absolute atomic E-state index is 0.0859. The molecule has 1 rings (SSSR count). The van der Waals surface area contributed by atoms with E-state index in [4.69, 9.17) is 21.6 Å². The number of benzene rings is 1. The minimum atomic E-state index is 0.0859. The van der Waals surface area contributed by atoms with Crippen molar-refractivity contribution in [2.24, 2.45) is 5.41 Å². The molecule has 0 aliphatic heterocycles. The van der Waals surface area contributed by atoms with E-state index >= 15 is 0 Å². The average molecular weight is 267 g/mol. The van der Waals surface area contributed by atoms with Crippen LogP contribution < -0.4 is 10.1 Å². The van der Waals surface area contributed by atoms with Gasteiger partial charge in [-0.2, -0.15) is 5.26 Å². The number of anilines is 1. The van der Waals surface area contributed by atoms with Crippen LogP contribution in [0.2, 0.25) is 5.02 Å². The van der Waals surface area contributed by atoms with E-state index in [2.05, 4.69) is 25.2 Å². The molecular weight excluding hydrogens is 248 g/mol. The molecule has 0 bridgehead atoms. The molecule has 0 unspecified atom stereocenters. The monoisotopic (exact) mass is 266 g/mol. The van der Waals surface area contributed by atoms with Gasteiger partial charge in [-0.3, -0.25) is 0 Å². The molecule has 0 aliphatic rings. The Balaban J connectivity index is 2.61. The fraction of sp³-hybridized carbons (Fsp3) is 0.500. The molecule has 0 aliphatic carbocycles. The van der Waals surface area contributed by atoms with Gasteiger partial charge in [0.15, 0.2) is 0 Å². The van der Waals surface area contributed by atoms with Gasteiger partial charge < -0.3 is 10.1 Å². The number of hydrogen-bond donors (Lipinski definition) is 1. The maximum Gasteiger partial charge on any atom is 0.139 e. The molecule has 98 valence electrons. The van der Waals surface area contributed by atoms with Gasteiger partial charge in [0, 0.05) is 24.7 Å². The number of hydrogen-bond acceptors (Lipinski definition) is 3. The van der Waals surface area contributed by atoms with Gasteiger partial charge in [-0.05, 0) is 24.0 Å². The summed E-state index contributed by atoms with van der Waals surface area (Å²) >= 11 is 5.97. The Bertz CT molecular complexity index is 438. The summed E-state index contributed by atoms with van der Waals surface area (Å²) in [5, 5.41) is 12.6. The molecule has 0 amide bonds. The zero-order valence-electron chi connectivity index (χ0n) is 11.1. The summed E-state index contributed by atoms with van der Waals surface area (Å²) in [5.74, 6) is 0.663. The van der Waals surface area contributed by atoms with E-state index in [0.717, 1.165) is 18.7 Å². The van der Waals surface area contributed by atoms with Crippen molar-refractivity contribution in [3.05, 3.63) is 23.2 Å². The molecule has 0 radical (unpaired) electrons. The lowest BCUT2D eigenvalue weighted by Crippen LogP contribution is -2.22. The van der Waals surface area contributed by atoms with Crippen LogP contribution in [0.3, 0.4) is 0 Å². The second kappa shape index (κ2) is 6.51. The SMILES string of the molecule is COc1cc(NCC(C)(C)CCC#N)ccc1Cl. The zero-order valence-corrected chi connectivity index (χ0v) is 11.8. The molecule has 0 aromatic heterocycles. The number of ether oxygens (including phenoxy) is 1. The summed E-state index contributed by atoms with van der Waals surface area (Å²) in [4.78, 5) is 0. The van der Waals surface area contributed by atoms with Crippen molar-refractivity contribution in [3.8, 4) is 11.8 Å². The first-order valence-corrected chi connectivity index (χ1v) is 6.31. The standard InChI is InChI=1S/C14H19ClN2O/c1-14(2,7-4-8-16)10-17-11-5-6-12(15)13(9-11)18-3/h5-6,9,17H,4,7,10H2,1-3H3. The summed E-state index contributed by atoms with van der Waals surface area (Å²) in [6.45, 7) is 5.09. The predicted molar refractivity (Wildman–Crippen MR) is 75.1 cm³/mol. The lowest BCUT2D eigenvalue weighted by Gasteiger charge is -2.24. The Labute approximate surface area is 114 Å². The molecule has 0 saturated heterocycles. The van der Waals surface area contributed by atoms with Gasteiger partial charge in [-0.25, -0.2) is 0 Å². The summed E-state index contributed by atoms with van der Waals surface area (Å²) in [6, 6.07) is 7.79. The molecule has 0 fully saturated rings. The van der Waals surface area contributed by atoms with Crippen molar-refractivity contribution in [1.29, 1.82) is 5.26 Å². The van der Waals surface area contributed by atoms with Gasteiger partial charge in [0.2, 0.25) is 0 Å². The first-order valence-electron chi connectivity index (χ1n) is 5.93. The van der Waals surface area contributed by atoms with Crippen LogP contribution in [0.25, 0.3) is 0 Å². The van der Waals surface area contributed by atoms with Crippen LogP contribution in [-0.4, -0.2) is 13.7 Å². The Morgan fingerprint density at radius 3 is 2.78 bits per heavy atom. The summed E-state index contributed by atoms with van der Waals surface area (Å²) < 4.78 is 5.17. The van der Waals surface area contributed by atoms with Crippen LogP contribution in [0.1, 0.15) is 26.7 Å². The van der Waals surface area contributed by atoms with Crippen molar-refractivity contribution in [1.82, 2.24) is 0 Å². The largest absolute Gasteiger partial charge is 0.495 e. The third-order valence-electron chi connectivity index (χ3n) is 2.84. The maximum absolute atomic E-state index is 8.61. The summed E-state index contributed by atoms with van der Waals surface area (Å²) in [7, 11) is 1.60. The number of methoxy groups -OCH3 is 1. The molecule has 1 aromatic rings. The van der Waals surface area contributed by atoms with Gasteiger partial charge in [0.05, 0.1) is 18.2 Å². The first kappa shape index (κ1) is 14.7. The molecule has 0 heterocycles. The highest BCUT2D eigenvalue weighted by atomic mass is 35.5. The van der Waals surface area contributed by atoms with E-state index in [0.29, 0.717) is 17.2 Å². The fourth-order valence-corrected chi connectivity index (χ4v) is 1.79. The van der Waals surface area contributed by atoms with E-state index in [1.807, 2.05) is 18.2 Å². The second-order valence-corrected chi connectivity index (χ2v) is 5.43. The van der Waals surface area contributed by atoms with Crippen molar-refractivity contribution in [3.63, 3.8) is 0 Å². The van der Waals surface area contributed by atoms with Crippen LogP contribution in [-0.2, 0) is 0 Å². The molecule has 0 saturated carbocycles. The molecular formula is C14H19ClN2O. The van der Waals surface area contributed by atoms with Crippen LogP contribution in [0.5, 0.6) is 5.75 Å². The van der Waals surface area contributed by atoms with E-state index in [1.165, 1.54) is 0 Å². The smallest absolute Gasteiger partial charge is 0.139 e. The maximum atomic E-state index is 8.61. The van der Waals surface area contributed by atoms with E-state index < -0.39 is 0 Å². The van der Waals surface area contributed by atoms with Crippen molar-refractivity contribution in [2.45, 2.75) is 26.7 Å². The van der Waals surface area contributed by atoms with Crippen LogP contribution in [0.4, 0.5) is 5.69 Å². The Morgan fingerprint density at radius 1 is 1.44 bits per heavy atom. The molecule has 4 heteroatoms. The highest BCUT2D eigenvalue weighted by molar-refractivity contribution is 6.32. The average Bonchev–Trinajstić information content (AvgIpc) is 2.35. The zero-order chi connectivity index (χ0) is 13.6. The number of nitrogens with zero attached hydrogens (tertiary/aromatic N) is 1. The van der Waals surface area contributed by atoms with E-state index in [-0.39, 0.29) is 5.41 Å². The Morgan fingerprint density at radius 2 is 2.17 bits per heavy atom. The van der Waals surface area contributed by atoms with Gasteiger partial charge in [0.1, 0.15) is 5.75 Å². The lowest BCUT2D eigenvalue weighted by molar-refractivity contribution is 0.363. The summed E-state index contributed by atoms with van der Waals surface area (Å²) in [5.41, 5.74) is 1.06. The van der Waals surface area contributed by atoms with Crippen molar-refractivity contribution < 1.29 is 4.74 Å². The lowest BCUT2D eigenvalue weighted by atomic mass is 9.88. The quantitative estimate of drug-likeness (QED) is 0.843. The fourth-order valence-electron chi connectivity index (χ4n) is 1.59. The third kappa shape index (κ3) is 4.46. The van der Waals surface area contributed by atoms with Gasteiger partial charge in [-0.1, -0.05) is 25.4 Å². The number of halogens is 1. The van der Waals surface area contributed by atoms with Gasteiger partial charge in [0.25, 0.3) is 0 Å². The Hall–Kier alpha value is -1.40. The number of nitrogens with one attached hydrogen (secondary N) is 1. The van der Waals surface area contributed by atoms with Gasteiger partial charge in [-0.15, -0.1) is 0 Å². The molecule has 1 aromatic carbocycles.